The van der Waals surface area contributed by atoms with Crippen molar-refractivity contribution < 1.29 is 92.0 Å². The average Bonchev–Trinajstić information content (AvgIpc) is 0. The fourth-order valence-electron chi connectivity index (χ4n) is 0. The van der Waals surface area contributed by atoms with Gasteiger partial charge in [0, 0.05) is 29.9 Å². The van der Waals surface area contributed by atoms with Crippen LogP contribution in [0.5, 0.6) is 0 Å². The summed E-state index contributed by atoms with van der Waals surface area (Å²) in [6.07, 6.45) is 0. The minimum atomic E-state index is 0. The van der Waals surface area contributed by atoms with E-state index in [1.807, 2.05) is 0 Å². The molecule has 0 rings (SSSR count). The topological polar surface area (TPSA) is 0 Å². The molecule has 0 nitrogen and oxygen atoms in total. The van der Waals surface area contributed by atoms with Crippen molar-refractivity contribution in [3.05, 3.63) is 0 Å². The van der Waals surface area contributed by atoms with Crippen molar-refractivity contribution in [1.29, 1.82) is 0 Å². The zero-order valence-corrected chi connectivity index (χ0v) is 9.84. The number of hydrogen-bond donors (Lipinski definition) is 0. The van der Waals surface area contributed by atoms with Crippen LogP contribution < -0.4 is 62.0 Å². The third-order valence-electron chi connectivity index (χ3n) is 0. The Labute approximate surface area is 90.9 Å². The Bertz CT molecular complexity index is 3.90. The molecule has 0 aliphatic heterocycles. The van der Waals surface area contributed by atoms with Crippen LogP contribution in [0.4, 0.5) is 0 Å². The van der Waals surface area contributed by atoms with Gasteiger partial charge in [0.15, 0.2) is 0 Å². The summed E-state index contributed by atoms with van der Waals surface area (Å²) in [6, 6.07) is 0. The number of hydrogen-bond acceptors (Lipinski definition) is 0. The minimum absolute atomic E-state index is 0. The summed E-state index contributed by atoms with van der Waals surface area (Å²) in [7, 11) is 0. The molecule has 0 heterocycles. The van der Waals surface area contributed by atoms with Gasteiger partial charge in [0.1, 0.15) is 0 Å². The molecule has 0 bridgehead atoms. The van der Waals surface area contributed by atoms with Crippen LogP contribution in [0.15, 0.2) is 0 Å². The molecule has 6 heavy (non-hydrogen) atoms. The SMILES string of the molecule is [Cl-].[Cl-].[Cl-].[Cl-].[Cl-].[Np]. The molecule has 0 aliphatic carbocycles. The van der Waals surface area contributed by atoms with E-state index >= 15 is 0 Å². The fourth-order valence-corrected chi connectivity index (χ4v) is 0. The van der Waals surface area contributed by atoms with Gasteiger partial charge in [-0.25, -0.2) is 0 Å². The van der Waals surface area contributed by atoms with E-state index in [0.717, 1.165) is 0 Å². The van der Waals surface area contributed by atoms with Gasteiger partial charge in [-0.15, -0.1) is 0 Å². The van der Waals surface area contributed by atoms with Crippen LogP contribution in [0.25, 0.3) is 0 Å². The van der Waals surface area contributed by atoms with Crippen molar-refractivity contribution >= 4 is 0 Å². The molecule has 0 atom stereocenters. The Balaban J connectivity index is 0. The van der Waals surface area contributed by atoms with Crippen molar-refractivity contribution in [2.24, 2.45) is 0 Å². The molecule has 0 N–H and O–H groups in total. The predicted molar refractivity (Wildman–Crippen MR) is 0 cm³/mol. The Morgan fingerprint density at radius 1 is 0.333 bits per heavy atom. The van der Waals surface area contributed by atoms with Crippen molar-refractivity contribution in [3.63, 3.8) is 0 Å². The van der Waals surface area contributed by atoms with E-state index in [1.54, 1.807) is 0 Å². The van der Waals surface area contributed by atoms with Gasteiger partial charge in [-0.05, 0) is 0 Å². The Morgan fingerprint density at radius 3 is 0.333 bits per heavy atom. The first-order chi connectivity index (χ1) is 0. The van der Waals surface area contributed by atoms with Crippen LogP contribution in [-0.2, 0) is 0 Å². The first kappa shape index (κ1) is 77.7. The largest absolute Gasteiger partial charge is 1.00 e. The van der Waals surface area contributed by atoms with E-state index in [1.165, 1.54) is 0 Å². The molecular weight excluding hydrogens is 414 g/mol. The van der Waals surface area contributed by atoms with Gasteiger partial charge in [0.2, 0.25) is 0 Å². The van der Waals surface area contributed by atoms with Gasteiger partial charge in [-0.1, -0.05) is 0 Å². The van der Waals surface area contributed by atoms with E-state index in [4.69, 9.17) is 0 Å². The van der Waals surface area contributed by atoms with E-state index in [0.29, 0.717) is 0 Å². The third kappa shape index (κ3) is 31.8. The second-order valence-electron chi connectivity index (χ2n) is 0. The molecule has 0 saturated heterocycles. The van der Waals surface area contributed by atoms with Crippen LogP contribution in [-0.4, -0.2) is 0 Å². The van der Waals surface area contributed by atoms with Crippen LogP contribution in [0.2, 0.25) is 0 Å². The number of rotatable bonds is 0. The Hall–Kier alpha value is 2.46. The van der Waals surface area contributed by atoms with Gasteiger partial charge < -0.3 is 62.0 Å². The Morgan fingerprint density at radius 2 is 0.333 bits per heavy atom. The van der Waals surface area contributed by atoms with Crippen LogP contribution >= 0.6 is 0 Å². The van der Waals surface area contributed by atoms with Crippen LogP contribution in [0.1, 0.15) is 0 Å². The summed E-state index contributed by atoms with van der Waals surface area (Å²) in [5.74, 6) is 0. The average molecular weight is 414 g/mol. The second-order valence-corrected chi connectivity index (χ2v) is 0. The molecule has 0 amide bonds. The normalized spacial score (nSPS) is 0. The summed E-state index contributed by atoms with van der Waals surface area (Å²) in [5.41, 5.74) is 0. The van der Waals surface area contributed by atoms with Gasteiger partial charge >= 0.3 is 0 Å². The van der Waals surface area contributed by atoms with Crippen LogP contribution in [0.3, 0.4) is 0 Å². The fraction of sp³-hybridized carbons (Fsp3) is 0. The smallest absolute Gasteiger partial charge is 0 e. The molecule has 0 aromatic heterocycles. The van der Waals surface area contributed by atoms with E-state index in [-0.39, 0.29) is 92.0 Å². The first-order valence-electron chi connectivity index (χ1n) is 0. The molecule has 0 aromatic carbocycles. The maximum Gasteiger partial charge on any atom is 0 e. The zero-order valence-electron chi connectivity index (χ0n) is 2.34. The van der Waals surface area contributed by atoms with Gasteiger partial charge in [-0.3, -0.25) is 0 Å². The molecule has 0 unspecified atom stereocenters. The summed E-state index contributed by atoms with van der Waals surface area (Å²) in [5, 5.41) is 0. The predicted octanol–water partition coefficient (Wildman–Crippen LogP) is -15.0. The van der Waals surface area contributed by atoms with Crippen LogP contribution in [0, 0.1) is 29.9 Å². The van der Waals surface area contributed by atoms with Crippen molar-refractivity contribution in [2.45, 2.75) is 0 Å². The van der Waals surface area contributed by atoms with Crippen molar-refractivity contribution in [2.75, 3.05) is 0 Å². The maximum atomic E-state index is 0. The molecule has 0 spiro atoms. The zero-order chi connectivity index (χ0) is 0. The second kappa shape index (κ2) is 51.4. The molecule has 0 saturated carbocycles. The molecule has 6 heteroatoms. The maximum absolute atomic E-state index is 0. The molecule has 0 fully saturated rings. The van der Waals surface area contributed by atoms with Gasteiger partial charge in [-0.2, -0.15) is 0 Å². The molecule has 0 aromatic rings. The summed E-state index contributed by atoms with van der Waals surface area (Å²) in [6.45, 7) is 0. The van der Waals surface area contributed by atoms with Gasteiger partial charge in [0.05, 0.1) is 0 Å². The Kier molecular flexibility index (Phi) is 665. The molecule has 1 radical (unpaired) electrons. The molecule has 45 valence electrons. The minimum Gasteiger partial charge on any atom is -1.00 e. The molecule has 0 aliphatic rings. The van der Waals surface area contributed by atoms with E-state index in [2.05, 4.69) is 0 Å². The summed E-state index contributed by atoms with van der Waals surface area (Å²) in [4.78, 5) is 0. The van der Waals surface area contributed by atoms with E-state index < -0.39 is 0 Å². The third-order valence-corrected chi connectivity index (χ3v) is 0. The van der Waals surface area contributed by atoms with E-state index in [9.17, 15) is 0 Å². The van der Waals surface area contributed by atoms with Crippen molar-refractivity contribution in [3.8, 4) is 0 Å². The molecular formula is Cl5Np-5. The number of halogens is 5. The quantitative estimate of drug-likeness (QED) is 0.370. The van der Waals surface area contributed by atoms with Gasteiger partial charge in [0.25, 0.3) is 0 Å². The standard InChI is InChI=1S/5ClH.Np/h5*1H;/p-5. The summed E-state index contributed by atoms with van der Waals surface area (Å²) >= 11 is 0. The monoisotopic (exact) mass is 411 g/mol. The first-order valence-corrected chi connectivity index (χ1v) is 0. The van der Waals surface area contributed by atoms with Crippen molar-refractivity contribution in [1.82, 2.24) is 0 Å². The summed E-state index contributed by atoms with van der Waals surface area (Å²) < 4.78 is 0.